The maximum absolute atomic E-state index is 13.2. The highest BCUT2D eigenvalue weighted by molar-refractivity contribution is 9.10. The van der Waals surface area contributed by atoms with Crippen molar-refractivity contribution in [3.8, 4) is 0 Å². The average Bonchev–Trinajstić information content (AvgIpc) is 2.48. The van der Waals surface area contributed by atoms with Crippen molar-refractivity contribution in [2.75, 3.05) is 10.7 Å². The van der Waals surface area contributed by atoms with Gasteiger partial charge in [-0.15, -0.1) is 0 Å². The molecule has 21 heavy (non-hydrogen) atoms. The second-order valence-corrected chi connectivity index (χ2v) is 7.41. The van der Waals surface area contributed by atoms with Gasteiger partial charge in [-0.25, -0.2) is 4.39 Å². The third kappa shape index (κ3) is 4.10. The van der Waals surface area contributed by atoms with Crippen molar-refractivity contribution >= 4 is 59.4 Å². The third-order valence-corrected chi connectivity index (χ3v) is 6.54. The third-order valence-electron chi connectivity index (χ3n) is 3.51. The Morgan fingerprint density at radius 1 is 1.00 bits per heavy atom. The first-order chi connectivity index (χ1) is 10.0. The summed E-state index contributed by atoms with van der Waals surface area (Å²) in [5.74, 6) is -0.310. The molecule has 0 bridgehead atoms. The van der Waals surface area contributed by atoms with E-state index in [1.165, 1.54) is 17.7 Å². The second kappa shape index (κ2) is 7.58. The summed E-state index contributed by atoms with van der Waals surface area (Å²) in [7, 11) is 0. The number of rotatable bonds is 5. The number of halogens is 5. The quantitative estimate of drug-likeness (QED) is 0.412. The van der Waals surface area contributed by atoms with Gasteiger partial charge in [-0.1, -0.05) is 77.6 Å². The van der Waals surface area contributed by atoms with Crippen LogP contribution in [0.3, 0.4) is 0 Å². The lowest BCUT2D eigenvalue weighted by molar-refractivity contribution is 0.549. The van der Waals surface area contributed by atoms with Gasteiger partial charge in [0.25, 0.3) is 0 Å². The fourth-order valence-electron chi connectivity index (χ4n) is 2.22. The zero-order valence-electron chi connectivity index (χ0n) is 11.1. The number of benzene rings is 2. The summed E-state index contributed by atoms with van der Waals surface area (Å²) in [6, 6.07) is 12.8. The first-order valence-electron chi connectivity index (χ1n) is 6.33. The zero-order chi connectivity index (χ0) is 15.5. The summed E-state index contributed by atoms with van der Waals surface area (Å²) in [4.78, 5) is 0. The Hall–Kier alpha value is 0.1000. The van der Waals surface area contributed by atoms with Crippen molar-refractivity contribution in [3.05, 3.63) is 68.9 Å². The summed E-state index contributed by atoms with van der Waals surface area (Å²) < 4.78 is 14.2. The molecule has 112 valence electrons. The Balaban J connectivity index is 2.40. The van der Waals surface area contributed by atoms with Crippen LogP contribution >= 0.6 is 59.4 Å². The van der Waals surface area contributed by atoms with Gasteiger partial charge >= 0.3 is 0 Å². The van der Waals surface area contributed by atoms with Gasteiger partial charge < -0.3 is 0 Å². The van der Waals surface area contributed by atoms with Crippen LogP contribution in [0.25, 0.3) is 0 Å². The number of hydrogen-bond acceptors (Lipinski definition) is 0. The monoisotopic (exact) mass is 496 g/mol. The molecule has 0 unspecified atom stereocenters. The molecule has 0 nitrogen and oxygen atoms in total. The van der Waals surface area contributed by atoms with Gasteiger partial charge in [-0.05, 0) is 41.8 Å². The Morgan fingerprint density at radius 3 is 2.14 bits per heavy atom. The number of alkyl halides is 2. The van der Waals surface area contributed by atoms with Crippen LogP contribution < -0.4 is 0 Å². The summed E-state index contributed by atoms with van der Waals surface area (Å²) in [6.07, 6.45) is 0.726. The van der Waals surface area contributed by atoms with E-state index in [0.29, 0.717) is 5.02 Å². The lowest BCUT2D eigenvalue weighted by Gasteiger charge is -2.31. The first-order valence-corrected chi connectivity index (χ1v) is 9.74. The van der Waals surface area contributed by atoms with Gasteiger partial charge in [0, 0.05) is 25.6 Å². The summed E-state index contributed by atoms with van der Waals surface area (Å²) in [6.45, 7) is 0. The molecule has 0 spiro atoms. The molecule has 2 aromatic rings. The molecule has 0 amide bonds. The van der Waals surface area contributed by atoms with E-state index in [4.69, 9.17) is 11.6 Å². The van der Waals surface area contributed by atoms with E-state index in [2.05, 4.69) is 59.9 Å². The minimum Gasteiger partial charge on any atom is -0.207 e. The Labute approximate surface area is 154 Å². The molecule has 0 aromatic heterocycles. The van der Waals surface area contributed by atoms with Gasteiger partial charge in [0.05, 0.1) is 0 Å². The SMILES string of the molecule is Fc1ccc(CC(CBr)(CBr)c2ccc(Br)cc2)c(Cl)c1. The molecule has 0 N–H and O–H groups in total. The number of hydrogen-bond donors (Lipinski definition) is 0. The Kier molecular flexibility index (Phi) is 6.30. The van der Waals surface area contributed by atoms with Crippen molar-refractivity contribution in [1.82, 2.24) is 0 Å². The van der Waals surface area contributed by atoms with E-state index < -0.39 is 0 Å². The highest BCUT2D eigenvalue weighted by atomic mass is 79.9. The lowest BCUT2D eigenvalue weighted by atomic mass is 9.79. The van der Waals surface area contributed by atoms with Crippen molar-refractivity contribution in [1.29, 1.82) is 0 Å². The van der Waals surface area contributed by atoms with Crippen LogP contribution in [0.15, 0.2) is 46.9 Å². The van der Waals surface area contributed by atoms with Crippen molar-refractivity contribution < 1.29 is 4.39 Å². The van der Waals surface area contributed by atoms with Gasteiger partial charge in [0.15, 0.2) is 0 Å². The smallest absolute Gasteiger partial charge is 0.124 e. The maximum Gasteiger partial charge on any atom is 0.124 e. The fraction of sp³-hybridized carbons (Fsp3) is 0.250. The van der Waals surface area contributed by atoms with Crippen molar-refractivity contribution in [2.45, 2.75) is 11.8 Å². The summed E-state index contributed by atoms with van der Waals surface area (Å²) in [5, 5.41) is 2.03. The molecule has 2 rings (SSSR count). The highest BCUT2D eigenvalue weighted by Crippen LogP contribution is 2.35. The van der Waals surface area contributed by atoms with Crippen molar-refractivity contribution in [3.63, 3.8) is 0 Å². The van der Waals surface area contributed by atoms with Crippen LogP contribution in [-0.2, 0) is 11.8 Å². The second-order valence-electron chi connectivity index (χ2n) is 4.97. The molecule has 0 heterocycles. The summed E-state index contributed by atoms with van der Waals surface area (Å²) >= 11 is 16.9. The molecule has 0 saturated carbocycles. The van der Waals surface area contributed by atoms with Gasteiger partial charge in [-0.3, -0.25) is 0 Å². The van der Waals surface area contributed by atoms with E-state index in [0.717, 1.165) is 27.1 Å². The predicted octanol–water partition coefficient (Wildman–Crippen LogP) is 6.51. The van der Waals surface area contributed by atoms with E-state index in [1.807, 2.05) is 12.1 Å². The molecular formula is C16H13Br3ClF. The van der Waals surface area contributed by atoms with Crippen LogP contribution in [0, 0.1) is 5.82 Å². The van der Waals surface area contributed by atoms with Crippen LogP contribution in [0.5, 0.6) is 0 Å². The first kappa shape index (κ1) is 17.5. The molecule has 0 atom stereocenters. The average molecular weight is 499 g/mol. The molecule has 0 aliphatic carbocycles. The molecule has 0 aliphatic heterocycles. The van der Waals surface area contributed by atoms with Crippen molar-refractivity contribution in [2.24, 2.45) is 0 Å². The van der Waals surface area contributed by atoms with Crippen LogP contribution in [0.4, 0.5) is 4.39 Å². The van der Waals surface area contributed by atoms with Gasteiger partial charge in [0.2, 0.25) is 0 Å². The minimum atomic E-state index is -0.310. The van der Waals surface area contributed by atoms with Crippen LogP contribution in [0.2, 0.25) is 5.02 Å². The predicted molar refractivity (Wildman–Crippen MR) is 98.5 cm³/mol. The van der Waals surface area contributed by atoms with Gasteiger partial charge in [-0.2, -0.15) is 0 Å². The fourth-order valence-corrected chi connectivity index (χ4v) is 4.69. The highest BCUT2D eigenvalue weighted by Gasteiger charge is 2.31. The maximum atomic E-state index is 13.2. The largest absolute Gasteiger partial charge is 0.207 e. The normalized spacial score (nSPS) is 11.7. The molecule has 2 aromatic carbocycles. The van der Waals surface area contributed by atoms with E-state index in [-0.39, 0.29) is 11.2 Å². The minimum absolute atomic E-state index is 0.137. The van der Waals surface area contributed by atoms with E-state index >= 15 is 0 Å². The molecular weight excluding hydrogens is 486 g/mol. The molecule has 0 fully saturated rings. The summed E-state index contributed by atoms with van der Waals surface area (Å²) in [5.41, 5.74) is 2.02. The van der Waals surface area contributed by atoms with E-state index in [9.17, 15) is 4.39 Å². The van der Waals surface area contributed by atoms with Crippen LogP contribution in [0.1, 0.15) is 11.1 Å². The van der Waals surface area contributed by atoms with Gasteiger partial charge in [0.1, 0.15) is 5.82 Å². The zero-order valence-corrected chi connectivity index (χ0v) is 16.6. The topological polar surface area (TPSA) is 0 Å². The lowest BCUT2D eigenvalue weighted by Crippen LogP contribution is -2.33. The molecule has 0 saturated heterocycles. The molecule has 0 aliphatic rings. The Bertz CT molecular complexity index is 609. The molecule has 0 radical (unpaired) electrons. The standard InChI is InChI=1S/C16H13Br3ClF/c17-9-16(10-18,12-2-4-13(19)5-3-12)8-11-1-6-14(21)7-15(11)20/h1-7H,8-10H2. The Morgan fingerprint density at radius 2 is 1.62 bits per heavy atom. The van der Waals surface area contributed by atoms with E-state index in [1.54, 1.807) is 6.07 Å². The molecule has 5 heteroatoms. The van der Waals surface area contributed by atoms with Crippen LogP contribution in [-0.4, -0.2) is 10.7 Å².